The lowest BCUT2D eigenvalue weighted by Crippen LogP contribution is -2.10. The van der Waals surface area contributed by atoms with E-state index in [-0.39, 0.29) is 5.63 Å². The predicted octanol–water partition coefficient (Wildman–Crippen LogP) is 4.09. The van der Waals surface area contributed by atoms with Crippen molar-refractivity contribution >= 4 is 11.0 Å². The van der Waals surface area contributed by atoms with E-state index in [2.05, 4.69) is 19.1 Å². The third-order valence-corrected chi connectivity index (χ3v) is 4.13. The monoisotopic (exact) mass is 242 g/mol. The average Bonchev–Trinajstić information content (AvgIpc) is 2.39. The van der Waals surface area contributed by atoms with Crippen molar-refractivity contribution in [3.05, 3.63) is 46.3 Å². The first kappa shape index (κ1) is 11.5. The summed E-state index contributed by atoms with van der Waals surface area (Å²) >= 11 is 0. The van der Waals surface area contributed by atoms with Gasteiger partial charge in [-0.05, 0) is 48.4 Å². The summed E-state index contributed by atoms with van der Waals surface area (Å²) in [5.74, 6) is 1.55. The first-order chi connectivity index (χ1) is 8.72. The maximum Gasteiger partial charge on any atom is 0.336 e. The Morgan fingerprint density at radius 3 is 2.61 bits per heavy atom. The van der Waals surface area contributed by atoms with Crippen LogP contribution in [0, 0.1) is 5.92 Å². The predicted molar refractivity (Wildman–Crippen MR) is 72.9 cm³/mol. The van der Waals surface area contributed by atoms with Crippen molar-refractivity contribution in [3.8, 4) is 0 Å². The van der Waals surface area contributed by atoms with Gasteiger partial charge in [-0.25, -0.2) is 4.79 Å². The molecule has 0 unspecified atom stereocenters. The minimum absolute atomic E-state index is 0.276. The molecular formula is C16H18O2. The smallest absolute Gasteiger partial charge is 0.336 e. The largest absolute Gasteiger partial charge is 0.423 e. The van der Waals surface area contributed by atoms with Gasteiger partial charge in [0, 0.05) is 11.5 Å². The molecule has 0 radical (unpaired) electrons. The lowest BCUT2D eigenvalue weighted by Gasteiger charge is -2.26. The Bertz CT molecular complexity index is 604. The molecule has 2 heteroatoms. The van der Waals surface area contributed by atoms with E-state index in [0.29, 0.717) is 11.5 Å². The Hall–Kier alpha value is -1.57. The normalized spacial score (nSPS) is 24.3. The first-order valence-corrected chi connectivity index (χ1v) is 6.76. The van der Waals surface area contributed by atoms with Gasteiger partial charge in [0.2, 0.25) is 0 Å². The van der Waals surface area contributed by atoms with Crippen LogP contribution in [0.1, 0.15) is 44.1 Å². The van der Waals surface area contributed by atoms with Crippen molar-refractivity contribution in [3.63, 3.8) is 0 Å². The molecule has 18 heavy (non-hydrogen) atoms. The van der Waals surface area contributed by atoms with Crippen LogP contribution in [0.3, 0.4) is 0 Å². The maximum atomic E-state index is 11.1. The van der Waals surface area contributed by atoms with Crippen molar-refractivity contribution < 1.29 is 4.42 Å². The Balaban J connectivity index is 1.93. The van der Waals surface area contributed by atoms with Crippen LogP contribution < -0.4 is 5.63 Å². The standard InChI is InChI=1S/C16H18O2/c1-11-2-4-12(5-3-11)13-6-8-15-14(10-13)7-9-16(17)18-15/h6-12H,2-5H2,1H3. The summed E-state index contributed by atoms with van der Waals surface area (Å²) in [5.41, 5.74) is 1.81. The molecule has 1 aliphatic carbocycles. The molecule has 0 spiro atoms. The van der Waals surface area contributed by atoms with Crippen LogP contribution in [0.5, 0.6) is 0 Å². The van der Waals surface area contributed by atoms with E-state index >= 15 is 0 Å². The summed E-state index contributed by atoms with van der Waals surface area (Å²) in [5, 5.41) is 1.03. The van der Waals surface area contributed by atoms with Crippen LogP contribution in [0.4, 0.5) is 0 Å². The highest BCUT2D eigenvalue weighted by Crippen LogP contribution is 2.36. The van der Waals surface area contributed by atoms with Crippen LogP contribution in [-0.4, -0.2) is 0 Å². The molecule has 94 valence electrons. The van der Waals surface area contributed by atoms with E-state index < -0.39 is 0 Å². The highest BCUT2D eigenvalue weighted by atomic mass is 16.4. The van der Waals surface area contributed by atoms with E-state index in [1.807, 2.05) is 12.1 Å². The molecule has 0 aliphatic heterocycles. The Morgan fingerprint density at radius 1 is 1.06 bits per heavy atom. The van der Waals surface area contributed by atoms with E-state index in [4.69, 9.17) is 4.42 Å². The van der Waals surface area contributed by atoms with Crippen LogP contribution in [-0.2, 0) is 0 Å². The van der Waals surface area contributed by atoms with Gasteiger partial charge in [-0.2, -0.15) is 0 Å². The zero-order chi connectivity index (χ0) is 12.5. The summed E-state index contributed by atoms with van der Waals surface area (Å²) in [4.78, 5) is 11.1. The van der Waals surface area contributed by atoms with Gasteiger partial charge in [-0.1, -0.05) is 25.8 Å². The molecule has 1 aromatic carbocycles. The zero-order valence-electron chi connectivity index (χ0n) is 10.7. The number of hydrogen-bond acceptors (Lipinski definition) is 2. The Labute approximate surface area is 107 Å². The highest BCUT2D eigenvalue weighted by molar-refractivity contribution is 5.77. The second kappa shape index (κ2) is 4.60. The minimum Gasteiger partial charge on any atom is -0.423 e. The summed E-state index contributed by atoms with van der Waals surface area (Å²) in [6.45, 7) is 2.34. The van der Waals surface area contributed by atoms with E-state index in [1.54, 1.807) is 0 Å². The fraction of sp³-hybridized carbons (Fsp3) is 0.438. The summed E-state index contributed by atoms with van der Waals surface area (Å²) < 4.78 is 5.17. The van der Waals surface area contributed by atoms with Gasteiger partial charge < -0.3 is 4.42 Å². The SMILES string of the molecule is CC1CCC(c2ccc3oc(=O)ccc3c2)CC1. The lowest BCUT2D eigenvalue weighted by molar-refractivity contribution is 0.348. The van der Waals surface area contributed by atoms with Gasteiger partial charge in [-0.15, -0.1) is 0 Å². The molecule has 0 N–H and O–H groups in total. The minimum atomic E-state index is -0.276. The van der Waals surface area contributed by atoms with Gasteiger partial charge in [-0.3, -0.25) is 0 Å². The van der Waals surface area contributed by atoms with E-state index in [0.717, 1.165) is 11.3 Å². The average molecular weight is 242 g/mol. The van der Waals surface area contributed by atoms with E-state index in [1.165, 1.54) is 37.3 Å². The molecular weight excluding hydrogens is 224 g/mol. The van der Waals surface area contributed by atoms with Crippen LogP contribution in [0.15, 0.2) is 39.5 Å². The third kappa shape index (κ3) is 2.20. The van der Waals surface area contributed by atoms with Gasteiger partial charge in [0.05, 0.1) is 0 Å². The van der Waals surface area contributed by atoms with Gasteiger partial charge in [0.15, 0.2) is 0 Å². The van der Waals surface area contributed by atoms with Crippen LogP contribution in [0.2, 0.25) is 0 Å². The Morgan fingerprint density at radius 2 is 1.83 bits per heavy atom. The second-order valence-electron chi connectivity index (χ2n) is 5.51. The van der Waals surface area contributed by atoms with Gasteiger partial charge in [0.25, 0.3) is 0 Å². The molecule has 3 rings (SSSR count). The molecule has 0 atom stereocenters. The number of fused-ring (bicyclic) bond motifs is 1. The molecule has 0 amide bonds. The Kier molecular flexibility index (Phi) is 2.94. The third-order valence-electron chi connectivity index (χ3n) is 4.13. The topological polar surface area (TPSA) is 30.2 Å². The number of rotatable bonds is 1. The molecule has 2 nitrogen and oxygen atoms in total. The molecule has 1 fully saturated rings. The van der Waals surface area contributed by atoms with Crippen LogP contribution >= 0.6 is 0 Å². The molecule has 1 saturated carbocycles. The summed E-state index contributed by atoms with van der Waals surface area (Å²) in [6, 6.07) is 9.58. The molecule has 1 aliphatic rings. The first-order valence-electron chi connectivity index (χ1n) is 6.76. The molecule has 0 bridgehead atoms. The second-order valence-corrected chi connectivity index (χ2v) is 5.51. The molecule has 2 aromatic rings. The highest BCUT2D eigenvalue weighted by Gasteiger charge is 2.19. The molecule has 1 heterocycles. The van der Waals surface area contributed by atoms with Gasteiger partial charge in [0.1, 0.15) is 5.58 Å². The molecule has 0 saturated heterocycles. The van der Waals surface area contributed by atoms with Crippen molar-refractivity contribution in [2.24, 2.45) is 5.92 Å². The number of hydrogen-bond donors (Lipinski definition) is 0. The van der Waals surface area contributed by atoms with Gasteiger partial charge >= 0.3 is 5.63 Å². The van der Waals surface area contributed by atoms with Crippen molar-refractivity contribution in [1.82, 2.24) is 0 Å². The van der Waals surface area contributed by atoms with Crippen molar-refractivity contribution in [2.75, 3.05) is 0 Å². The zero-order valence-corrected chi connectivity index (χ0v) is 10.7. The molecule has 1 aromatic heterocycles. The van der Waals surface area contributed by atoms with Crippen molar-refractivity contribution in [2.45, 2.75) is 38.5 Å². The van der Waals surface area contributed by atoms with E-state index in [9.17, 15) is 4.79 Å². The number of benzene rings is 1. The summed E-state index contributed by atoms with van der Waals surface area (Å²) in [7, 11) is 0. The quantitative estimate of drug-likeness (QED) is 0.705. The van der Waals surface area contributed by atoms with Crippen LogP contribution in [0.25, 0.3) is 11.0 Å². The fourth-order valence-electron chi connectivity index (χ4n) is 2.94. The fourth-order valence-corrected chi connectivity index (χ4v) is 2.94. The van der Waals surface area contributed by atoms with Crippen molar-refractivity contribution in [1.29, 1.82) is 0 Å². The maximum absolute atomic E-state index is 11.1. The summed E-state index contributed by atoms with van der Waals surface area (Å²) in [6.07, 6.45) is 5.21. The lowest BCUT2D eigenvalue weighted by atomic mass is 9.79.